The molecule has 0 aliphatic carbocycles. The number of aliphatic hydroxyl groups excluding tert-OH is 1. The highest BCUT2D eigenvalue weighted by Gasteiger charge is 2.30. The van der Waals surface area contributed by atoms with E-state index < -0.39 is 0 Å². The van der Waals surface area contributed by atoms with Crippen LogP contribution in [0.3, 0.4) is 0 Å². The molecule has 0 aromatic heterocycles. The summed E-state index contributed by atoms with van der Waals surface area (Å²) in [6.07, 6.45) is 0. The molecule has 0 saturated carbocycles. The minimum atomic E-state index is -0.319. The van der Waals surface area contributed by atoms with Gasteiger partial charge in [-0.1, -0.05) is 12.1 Å². The predicted molar refractivity (Wildman–Crippen MR) is 80.8 cm³/mol. The SMILES string of the molecule is CC(C(=O)Nc1ccc(CN)cc1)N1CCOCC1CO. The van der Waals surface area contributed by atoms with E-state index in [1.807, 2.05) is 36.1 Å². The van der Waals surface area contributed by atoms with Crippen LogP contribution >= 0.6 is 0 Å². The molecule has 0 bridgehead atoms. The van der Waals surface area contributed by atoms with Gasteiger partial charge < -0.3 is 20.9 Å². The maximum absolute atomic E-state index is 12.3. The van der Waals surface area contributed by atoms with Crippen LogP contribution in [0.5, 0.6) is 0 Å². The van der Waals surface area contributed by atoms with Gasteiger partial charge in [0.2, 0.25) is 5.91 Å². The van der Waals surface area contributed by atoms with Crippen molar-refractivity contribution in [3.05, 3.63) is 29.8 Å². The number of ether oxygens (including phenoxy) is 1. The molecule has 2 unspecified atom stereocenters. The molecule has 6 heteroatoms. The number of aliphatic hydroxyl groups is 1. The van der Waals surface area contributed by atoms with Crippen LogP contribution in [0.2, 0.25) is 0 Å². The Morgan fingerprint density at radius 2 is 2.24 bits per heavy atom. The molecule has 0 spiro atoms. The van der Waals surface area contributed by atoms with Gasteiger partial charge in [-0.2, -0.15) is 0 Å². The summed E-state index contributed by atoms with van der Waals surface area (Å²) in [6.45, 7) is 4.00. The number of rotatable bonds is 5. The first-order valence-electron chi connectivity index (χ1n) is 7.20. The van der Waals surface area contributed by atoms with Crippen molar-refractivity contribution >= 4 is 11.6 Å². The van der Waals surface area contributed by atoms with Crippen molar-refractivity contribution < 1.29 is 14.6 Å². The van der Waals surface area contributed by atoms with Gasteiger partial charge in [-0.15, -0.1) is 0 Å². The Morgan fingerprint density at radius 1 is 1.52 bits per heavy atom. The molecule has 1 fully saturated rings. The number of nitrogens with one attached hydrogen (secondary N) is 1. The molecule has 2 atom stereocenters. The van der Waals surface area contributed by atoms with Crippen LogP contribution in [0.4, 0.5) is 5.69 Å². The Morgan fingerprint density at radius 3 is 2.86 bits per heavy atom. The highest BCUT2D eigenvalue weighted by Crippen LogP contribution is 2.14. The summed E-state index contributed by atoms with van der Waals surface area (Å²) in [7, 11) is 0. The number of morpholine rings is 1. The van der Waals surface area contributed by atoms with E-state index in [-0.39, 0.29) is 24.6 Å². The smallest absolute Gasteiger partial charge is 0.241 e. The second-order valence-corrected chi connectivity index (χ2v) is 5.22. The largest absolute Gasteiger partial charge is 0.395 e. The molecule has 6 nitrogen and oxygen atoms in total. The van der Waals surface area contributed by atoms with Crippen molar-refractivity contribution in [2.45, 2.75) is 25.6 Å². The number of carbonyl (C=O) groups is 1. The number of nitrogens with two attached hydrogens (primary N) is 1. The lowest BCUT2D eigenvalue weighted by Gasteiger charge is -2.37. The third-order valence-corrected chi connectivity index (χ3v) is 3.82. The molecule has 21 heavy (non-hydrogen) atoms. The molecule has 1 aliphatic rings. The molecule has 1 saturated heterocycles. The van der Waals surface area contributed by atoms with Gasteiger partial charge in [-0.05, 0) is 24.6 Å². The molecule has 2 rings (SSSR count). The maximum Gasteiger partial charge on any atom is 0.241 e. The van der Waals surface area contributed by atoms with Gasteiger partial charge in [0.1, 0.15) is 0 Å². The molecule has 116 valence electrons. The van der Waals surface area contributed by atoms with Crippen molar-refractivity contribution in [1.82, 2.24) is 4.90 Å². The topological polar surface area (TPSA) is 87.8 Å². The fraction of sp³-hybridized carbons (Fsp3) is 0.533. The first-order chi connectivity index (χ1) is 10.2. The molecule has 4 N–H and O–H groups in total. The fourth-order valence-corrected chi connectivity index (χ4v) is 2.46. The van der Waals surface area contributed by atoms with Gasteiger partial charge in [0.05, 0.1) is 31.9 Å². The summed E-state index contributed by atoms with van der Waals surface area (Å²) in [5, 5.41) is 12.3. The molecule has 1 aliphatic heterocycles. The van der Waals surface area contributed by atoms with Crippen LogP contribution in [-0.2, 0) is 16.1 Å². The van der Waals surface area contributed by atoms with Crippen LogP contribution in [0.15, 0.2) is 24.3 Å². The monoisotopic (exact) mass is 293 g/mol. The third-order valence-electron chi connectivity index (χ3n) is 3.82. The number of hydrogen-bond acceptors (Lipinski definition) is 5. The molecule has 1 heterocycles. The fourth-order valence-electron chi connectivity index (χ4n) is 2.46. The van der Waals surface area contributed by atoms with Gasteiger partial charge in [0, 0.05) is 18.8 Å². The number of benzene rings is 1. The van der Waals surface area contributed by atoms with E-state index in [0.717, 1.165) is 11.3 Å². The number of carbonyl (C=O) groups excluding carboxylic acids is 1. The van der Waals surface area contributed by atoms with Gasteiger partial charge >= 0.3 is 0 Å². The Balaban J connectivity index is 1.97. The van der Waals surface area contributed by atoms with Gasteiger partial charge in [0.15, 0.2) is 0 Å². The Kier molecular flexibility index (Phi) is 5.69. The van der Waals surface area contributed by atoms with Crippen LogP contribution < -0.4 is 11.1 Å². The third kappa shape index (κ3) is 4.01. The first kappa shape index (κ1) is 15.9. The normalized spacial score (nSPS) is 21.0. The van der Waals surface area contributed by atoms with E-state index in [4.69, 9.17) is 10.5 Å². The molecular formula is C15H23N3O3. The van der Waals surface area contributed by atoms with Crippen LogP contribution in [0.25, 0.3) is 0 Å². The zero-order chi connectivity index (χ0) is 15.2. The summed E-state index contributed by atoms with van der Waals surface area (Å²) in [6, 6.07) is 7.03. The predicted octanol–water partition coefficient (Wildman–Crippen LogP) is 0.165. The van der Waals surface area contributed by atoms with E-state index in [1.54, 1.807) is 0 Å². The van der Waals surface area contributed by atoms with E-state index in [0.29, 0.717) is 26.3 Å². The lowest BCUT2D eigenvalue weighted by atomic mass is 10.1. The summed E-state index contributed by atoms with van der Waals surface area (Å²) in [5.41, 5.74) is 7.32. The van der Waals surface area contributed by atoms with Crippen molar-refractivity contribution in [2.24, 2.45) is 5.73 Å². The second kappa shape index (κ2) is 7.51. The van der Waals surface area contributed by atoms with Crippen LogP contribution in [0, 0.1) is 0 Å². The number of anilines is 1. The highest BCUT2D eigenvalue weighted by molar-refractivity contribution is 5.94. The van der Waals surface area contributed by atoms with Crippen LogP contribution in [-0.4, -0.2) is 54.4 Å². The standard InChI is InChI=1S/C15H23N3O3/c1-11(18-6-7-21-10-14(18)9-19)15(20)17-13-4-2-12(8-16)3-5-13/h2-5,11,14,19H,6-10,16H2,1H3,(H,17,20). The van der Waals surface area contributed by atoms with Crippen molar-refractivity contribution in [2.75, 3.05) is 31.7 Å². The molecule has 1 aromatic rings. The van der Waals surface area contributed by atoms with Crippen LogP contribution in [0.1, 0.15) is 12.5 Å². The summed E-state index contributed by atoms with van der Waals surface area (Å²) in [5.74, 6) is -0.0872. The molecular weight excluding hydrogens is 270 g/mol. The zero-order valence-electron chi connectivity index (χ0n) is 12.3. The first-order valence-corrected chi connectivity index (χ1v) is 7.20. The van der Waals surface area contributed by atoms with E-state index >= 15 is 0 Å². The van der Waals surface area contributed by atoms with E-state index in [9.17, 15) is 9.90 Å². The van der Waals surface area contributed by atoms with E-state index in [1.165, 1.54) is 0 Å². The lowest BCUT2D eigenvalue weighted by molar-refractivity contribution is -0.125. The average molecular weight is 293 g/mol. The minimum absolute atomic E-state index is 0.0111. The minimum Gasteiger partial charge on any atom is -0.395 e. The summed E-state index contributed by atoms with van der Waals surface area (Å²) >= 11 is 0. The summed E-state index contributed by atoms with van der Waals surface area (Å²) < 4.78 is 5.33. The summed E-state index contributed by atoms with van der Waals surface area (Å²) in [4.78, 5) is 14.3. The van der Waals surface area contributed by atoms with Crippen molar-refractivity contribution in [3.8, 4) is 0 Å². The molecule has 1 amide bonds. The second-order valence-electron chi connectivity index (χ2n) is 5.22. The number of nitrogens with zero attached hydrogens (tertiary/aromatic N) is 1. The van der Waals surface area contributed by atoms with Gasteiger partial charge in [-0.25, -0.2) is 0 Å². The Hall–Kier alpha value is -1.47. The maximum atomic E-state index is 12.3. The van der Waals surface area contributed by atoms with Gasteiger partial charge in [0.25, 0.3) is 0 Å². The quantitative estimate of drug-likeness (QED) is 0.720. The zero-order valence-corrected chi connectivity index (χ0v) is 12.3. The Labute approximate surface area is 124 Å². The Bertz CT molecular complexity index is 464. The van der Waals surface area contributed by atoms with E-state index in [2.05, 4.69) is 5.32 Å². The van der Waals surface area contributed by atoms with Crippen molar-refractivity contribution in [1.29, 1.82) is 0 Å². The van der Waals surface area contributed by atoms with Gasteiger partial charge in [-0.3, -0.25) is 9.69 Å². The molecule has 0 radical (unpaired) electrons. The number of hydrogen-bond donors (Lipinski definition) is 3. The molecule has 1 aromatic carbocycles. The highest BCUT2D eigenvalue weighted by atomic mass is 16.5. The lowest BCUT2D eigenvalue weighted by Crippen LogP contribution is -2.54. The van der Waals surface area contributed by atoms with Crippen molar-refractivity contribution in [3.63, 3.8) is 0 Å². The average Bonchev–Trinajstić information content (AvgIpc) is 2.54. The number of amides is 1.